The van der Waals surface area contributed by atoms with Crippen molar-refractivity contribution in [3.63, 3.8) is 0 Å². The lowest BCUT2D eigenvalue weighted by Gasteiger charge is -2.19. The smallest absolute Gasteiger partial charge is 0.251 e. The van der Waals surface area contributed by atoms with Gasteiger partial charge in [0.2, 0.25) is 0 Å². The quantitative estimate of drug-likeness (QED) is 0.866. The molecule has 1 heterocycles. The molecule has 0 amide bonds. The number of benzene rings is 1. The summed E-state index contributed by atoms with van der Waals surface area (Å²) < 4.78 is 26.7. The van der Waals surface area contributed by atoms with Gasteiger partial charge >= 0.3 is 0 Å². The fraction of sp³-hybridized carbons (Fsp3) is 0.462. The van der Waals surface area contributed by atoms with Gasteiger partial charge in [0.15, 0.2) is 0 Å². The van der Waals surface area contributed by atoms with Crippen LogP contribution >= 0.6 is 0 Å². The molecule has 2 rings (SSSR count). The second kappa shape index (κ2) is 6.08. The van der Waals surface area contributed by atoms with Gasteiger partial charge in [0.1, 0.15) is 0 Å². The van der Waals surface area contributed by atoms with Gasteiger partial charge in [0, 0.05) is 25.5 Å². The number of alkyl halides is 2. The molecule has 0 aliphatic carbocycles. The lowest BCUT2D eigenvalue weighted by Crippen LogP contribution is -2.31. The van der Waals surface area contributed by atoms with Gasteiger partial charge < -0.3 is 5.11 Å². The third kappa shape index (κ3) is 3.27. The number of hydrogen-bond acceptors (Lipinski definition) is 3. The molecular formula is C13H17F2N3O. The molecule has 6 heteroatoms. The summed E-state index contributed by atoms with van der Waals surface area (Å²) in [5, 5.41) is 14.3. The van der Waals surface area contributed by atoms with Crippen LogP contribution in [0.4, 0.5) is 8.78 Å². The maximum absolute atomic E-state index is 12.5. The van der Waals surface area contributed by atoms with Crippen LogP contribution in [-0.4, -0.2) is 45.9 Å². The highest BCUT2D eigenvalue weighted by Crippen LogP contribution is 2.19. The van der Waals surface area contributed by atoms with Gasteiger partial charge in [-0.3, -0.25) is 9.58 Å². The Labute approximate surface area is 110 Å². The number of aromatic nitrogens is 2. The molecule has 1 aromatic carbocycles. The number of halogens is 2. The zero-order chi connectivity index (χ0) is 13.8. The van der Waals surface area contributed by atoms with Crippen LogP contribution in [0, 0.1) is 0 Å². The number of hydrogen-bond donors (Lipinski definition) is 1. The van der Waals surface area contributed by atoms with E-state index in [-0.39, 0.29) is 19.7 Å². The molecule has 0 saturated heterocycles. The summed E-state index contributed by atoms with van der Waals surface area (Å²) in [5.74, 6) is 0. The van der Waals surface area contributed by atoms with Crippen molar-refractivity contribution in [3.05, 3.63) is 30.0 Å². The molecule has 0 aliphatic rings. The van der Waals surface area contributed by atoms with Gasteiger partial charge in [0.05, 0.1) is 24.4 Å². The molecule has 1 aromatic heterocycles. The van der Waals surface area contributed by atoms with E-state index in [1.807, 2.05) is 31.3 Å². The van der Waals surface area contributed by atoms with Crippen LogP contribution in [0.15, 0.2) is 24.3 Å². The van der Waals surface area contributed by atoms with E-state index in [1.165, 1.54) is 4.90 Å². The van der Waals surface area contributed by atoms with E-state index in [1.54, 1.807) is 4.68 Å². The summed E-state index contributed by atoms with van der Waals surface area (Å²) in [5.41, 5.74) is 1.73. The van der Waals surface area contributed by atoms with E-state index in [4.69, 9.17) is 5.11 Å². The summed E-state index contributed by atoms with van der Waals surface area (Å²) in [6.45, 7) is 0.0322. The van der Waals surface area contributed by atoms with E-state index >= 15 is 0 Å². The molecule has 1 N–H and O–H groups in total. The average molecular weight is 269 g/mol. The van der Waals surface area contributed by atoms with Gasteiger partial charge in [-0.1, -0.05) is 18.2 Å². The van der Waals surface area contributed by atoms with Crippen LogP contribution in [0.2, 0.25) is 0 Å². The van der Waals surface area contributed by atoms with Crippen molar-refractivity contribution in [1.82, 2.24) is 14.7 Å². The van der Waals surface area contributed by atoms with Crippen molar-refractivity contribution in [3.8, 4) is 0 Å². The molecule has 0 fully saturated rings. The molecular weight excluding hydrogens is 252 g/mol. The van der Waals surface area contributed by atoms with E-state index in [9.17, 15) is 8.78 Å². The second-order valence-corrected chi connectivity index (χ2v) is 4.44. The van der Waals surface area contributed by atoms with E-state index in [0.717, 1.165) is 16.6 Å². The first-order valence-corrected chi connectivity index (χ1v) is 6.13. The number of aliphatic hydroxyl groups excluding tert-OH is 1. The first kappa shape index (κ1) is 13.9. The number of rotatable bonds is 6. The molecule has 0 saturated carbocycles. The molecule has 0 spiro atoms. The van der Waals surface area contributed by atoms with Crippen molar-refractivity contribution in [1.29, 1.82) is 0 Å². The average Bonchev–Trinajstić information content (AvgIpc) is 2.67. The van der Waals surface area contributed by atoms with Crippen LogP contribution in [0.5, 0.6) is 0 Å². The Hall–Kier alpha value is -1.53. The minimum atomic E-state index is -2.42. The lowest BCUT2D eigenvalue weighted by molar-refractivity contribution is 0.0741. The minimum absolute atomic E-state index is 0.141. The molecule has 19 heavy (non-hydrogen) atoms. The van der Waals surface area contributed by atoms with Crippen LogP contribution in [-0.2, 0) is 13.6 Å². The first-order chi connectivity index (χ1) is 9.11. The van der Waals surface area contributed by atoms with Gasteiger partial charge in [-0.2, -0.15) is 5.10 Å². The zero-order valence-corrected chi connectivity index (χ0v) is 10.8. The number of nitrogens with zero attached hydrogens (tertiary/aromatic N) is 3. The van der Waals surface area contributed by atoms with Crippen LogP contribution < -0.4 is 0 Å². The largest absolute Gasteiger partial charge is 0.395 e. The van der Waals surface area contributed by atoms with E-state index in [2.05, 4.69) is 5.10 Å². The number of fused-ring (bicyclic) bond motifs is 1. The van der Waals surface area contributed by atoms with Crippen molar-refractivity contribution < 1.29 is 13.9 Å². The van der Waals surface area contributed by atoms with Gasteiger partial charge in [-0.05, 0) is 6.07 Å². The highest BCUT2D eigenvalue weighted by atomic mass is 19.3. The maximum atomic E-state index is 12.5. The van der Waals surface area contributed by atoms with Crippen LogP contribution in [0.3, 0.4) is 0 Å². The molecule has 0 unspecified atom stereocenters. The normalized spacial score (nSPS) is 11.9. The van der Waals surface area contributed by atoms with Crippen LogP contribution in [0.1, 0.15) is 5.69 Å². The monoisotopic (exact) mass is 269 g/mol. The topological polar surface area (TPSA) is 41.3 Å². The maximum Gasteiger partial charge on any atom is 0.251 e. The van der Waals surface area contributed by atoms with Crippen molar-refractivity contribution in [2.45, 2.75) is 13.0 Å². The highest BCUT2D eigenvalue weighted by molar-refractivity contribution is 5.81. The molecule has 0 radical (unpaired) electrons. The molecule has 0 aliphatic heterocycles. The summed E-state index contributed by atoms with van der Waals surface area (Å²) >= 11 is 0. The number of para-hydroxylation sites is 1. The Balaban J connectivity index is 2.23. The SMILES string of the molecule is Cn1nc(CN(CCO)CC(F)F)c2ccccc21. The highest BCUT2D eigenvalue weighted by Gasteiger charge is 2.15. The molecule has 2 aromatic rings. The van der Waals surface area contributed by atoms with Crippen molar-refractivity contribution in [2.75, 3.05) is 19.7 Å². The number of aliphatic hydroxyl groups is 1. The predicted octanol–water partition coefficient (Wildman–Crippen LogP) is 1.63. The summed E-state index contributed by atoms with van der Waals surface area (Å²) in [6, 6.07) is 7.68. The second-order valence-electron chi connectivity index (χ2n) is 4.44. The molecule has 4 nitrogen and oxygen atoms in total. The van der Waals surface area contributed by atoms with Gasteiger partial charge in [-0.15, -0.1) is 0 Å². The Morgan fingerprint density at radius 3 is 2.79 bits per heavy atom. The van der Waals surface area contributed by atoms with Crippen molar-refractivity contribution in [2.24, 2.45) is 7.05 Å². The Kier molecular flexibility index (Phi) is 4.44. The van der Waals surface area contributed by atoms with Gasteiger partial charge in [-0.25, -0.2) is 8.78 Å². The van der Waals surface area contributed by atoms with Crippen LogP contribution in [0.25, 0.3) is 10.9 Å². The summed E-state index contributed by atoms with van der Waals surface area (Å²) in [4.78, 5) is 1.51. The standard InChI is InChI=1S/C13H17F2N3O/c1-17-12-5-3-2-4-10(12)11(16-17)8-18(6-7-19)9-13(14)15/h2-5,13,19H,6-9H2,1H3. The fourth-order valence-corrected chi connectivity index (χ4v) is 2.19. The lowest BCUT2D eigenvalue weighted by atomic mass is 10.2. The summed E-state index contributed by atoms with van der Waals surface area (Å²) in [6.07, 6.45) is -2.42. The van der Waals surface area contributed by atoms with Gasteiger partial charge in [0.25, 0.3) is 6.43 Å². The Bertz CT molecular complexity index is 542. The zero-order valence-electron chi connectivity index (χ0n) is 10.8. The van der Waals surface area contributed by atoms with E-state index in [0.29, 0.717) is 6.54 Å². The fourth-order valence-electron chi connectivity index (χ4n) is 2.19. The third-order valence-corrected chi connectivity index (χ3v) is 3.02. The third-order valence-electron chi connectivity index (χ3n) is 3.02. The summed E-state index contributed by atoms with van der Waals surface area (Å²) in [7, 11) is 1.83. The minimum Gasteiger partial charge on any atom is -0.395 e. The molecule has 0 bridgehead atoms. The Morgan fingerprint density at radius 2 is 2.11 bits per heavy atom. The predicted molar refractivity (Wildman–Crippen MR) is 69.1 cm³/mol. The first-order valence-electron chi connectivity index (χ1n) is 6.13. The van der Waals surface area contributed by atoms with Crippen molar-refractivity contribution >= 4 is 10.9 Å². The van der Waals surface area contributed by atoms with E-state index < -0.39 is 6.43 Å². The Morgan fingerprint density at radius 1 is 1.37 bits per heavy atom. The molecule has 0 atom stereocenters. The number of aryl methyl sites for hydroxylation is 1. The molecule has 104 valence electrons.